The fourth-order valence-electron chi connectivity index (χ4n) is 2.85. The van der Waals surface area contributed by atoms with Gasteiger partial charge in [0.25, 0.3) is 0 Å². The maximum absolute atomic E-state index is 8.65. The van der Waals surface area contributed by atoms with Gasteiger partial charge in [-0.2, -0.15) is 0 Å². The molecule has 0 spiro atoms. The summed E-state index contributed by atoms with van der Waals surface area (Å²) in [6.45, 7) is 20.2. The van der Waals surface area contributed by atoms with Crippen LogP contribution >= 0.6 is 0 Å². The molecule has 0 aliphatic carbocycles. The molecule has 7 heteroatoms. The molecule has 0 aliphatic rings. The largest absolute Gasteiger partial charge is 0.508 e. The molecule has 0 fully saturated rings. The molecule has 0 radical (unpaired) electrons. The zero-order valence-electron chi connectivity index (χ0n) is 33.2. The van der Waals surface area contributed by atoms with Crippen LogP contribution in [0.15, 0.2) is 164 Å². The lowest BCUT2D eigenvalue weighted by atomic mass is 10.2. The number of para-hydroxylation sites is 1. The van der Waals surface area contributed by atoms with Crippen molar-refractivity contribution in [3.05, 3.63) is 175 Å². The molecule has 53 heavy (non-hydrogen) atoms. The van der Waals surface area contributed by atoms with E-state index in [1.807, 2.05) is 97.9 Å². The fourth-order valence-corrected chi connectivity index (χ4v) is 2.85. The molecule has 6 rings (SSSR count). The van der Waals surface area contributed by atoms with Gasteiger partial charge in [0.15, 0.2) is 0 Å². The Morgan fingerprint density at radius 2 is 0.340 bits per heavy atom. The molecule has 0 atom stereocenters. The predicted octanol–water partition coefficient (Wildman–Crippen LogP) is 12.8. The summed E-state index contributed by atoms with van der Waals surface area (Å²) < 4.78 is 0. The zero-order chi connectivity index (χ0) is 41.3. The van der Waals surface area contributed by atoms with Crippen molar-refractivity contribution >= 4 is 0 Å². The highest BCUT2D eigenvalue weighted by atomic mass is 16.3. The van der Waals surface area contributed by atoms with E-state index in [-0.39, 0.29) is 34.5 Å². The molecule has 0 aliphatic heterocycles. The van der Waals surface area contributed by atoms with Crippen molar-refractivity contribution in [1.82, 2.24) is 0 Å². The Morgan fingerprint density at radius 1 is 0.208 bits per heavy atom. The predicted molar refractivity (Wildman–Crippen MR) is 225 cm³/mol. The number of phenolic OH excluding ortho intramolecular Hbond substituents is 7. The number of benzene rings is 6. The average molecular weight is 729 g/mol. The molecular formula is C46H64O7. The first-order valence-electron chi connectivity index (χ1n) is 17.8. The van der Waals surface area contributed by atoms with Crippen molar-refractivity contribution in [1.29, 1.82) is 0 Å². The van der Waals surface area contributed by atoms with Crippen molar-refractivity contribution in [3.63, 3.8) is 0 Å². The minimum Gasteiger partial charge on any atom is -0.508 e. The lowest BCUT2D eigenvalue weighted by Crippen LogP contribution is -1.62. The van der Waals surface area contributed by atoms with Crippen LogP contribution in [0.2, 0.25) is 0 Å². The average Bonchev–Trinajstić information content (AvgIpc) is 3.20. The lowest BCUT2D eigenvalue weighted by molar-refractivity contribution is 0.460. The van der Waals surface area contributed by atoms with Gasteiger partial charge < -0.3 is 35.7 Å². The molecular weight excluding hydrogens is 664 g/mol. The van der Waals surface area contributed by atoms with E-state index in [1.54, 1.807) is 24.3 Å². The van der Waals surface area contributed by atoms with E-state index < -0.39 is 0 Å². The van der Waals surface area contributed by atoms with Crippen molar-refractivity contribution in [3.8, 4) is 40.2 Å². The highest BCUT2D eigenvalue weighted by Gasteiger charge is 1.86. The molecule has 0 saturated heterocycles. The lowest BCUT2D eigenvalue weighted by Gasteiger charge is -1.88. The SMILES string of the molecule is CC.CC.CC.CC.Cc1ccccc1.Cc1ccccc1.Oc1ccc(O)cc1.Oc1ccc(O)cc1.Oc1ccc(O)cc1.Oc1ccccc1. The van der Waals surface area contributed by atoms with Crippen LogP contribution in [0.1, 0.15) is 66.5 Å². The third kappa shape index (κ3) is 38.6. The first-order valence-corrected chi connectivity index (χ1v) is 17.8. The maximum Gasteiger partial charge on any atom is 0.115 e. The van der Waals surface area contributed by atoms with Gasteiger partial charge in [-0.1, -0.05) is 145 Å². The maximum atomic E-state index is 8.65. The minimum absolute atomic E-state index is 0.169. The van der Waals surface area contributed by atoms with Crippen LogP contribution in [0.4, 0.5) is 0 Å². The number of rotatable bonds is 0. The summed E-state index contributed by atoms with van der Waals surface area (Å²) in [4.78, 5) is 0. The van der Waals surface area contributed by atoms with Crippen LogP contribution in [0.3, 0.4) is 0 Å². The van der Waals surface area contributed by atoms with E-state index in [9.17, 15) is 0 Å². The summed E-state index contributed by atoms with van der Waals surface area (Å²) in [6, 6.07) is 46.3. The van der Waals surface area contributed by atoms with Gasteiger partial charge in [-0.3, -0.25) is 0 Å². The topological polar surface area (TPSA) is 142 Å². The Hall–Kier alpha value is -6.08. The standard InChI is InChI=1S/2C7H8.3C6H6O2.C6H6O.4C2H6/c2*1-7-5-3-2-4-6-7;3*7-5-1-2-6(8)4-3-5;7-6-4-2-1-3-5-6;4*1-2/h2*2-6H,1H3;3*1-4,7-8H;1-5,7H;4*1-2H3. The summed E-state index contributed by atoms with van der Waals surface area (Å²) in [6.07, 6.45) is 0. The number of aryl methyl sites for hydroxylation is 2. The molecule has 0 aromatic heterocycles. The molecule has 0 amide bonds. The number of aromatic hydroxyl groups is 7. The third-order valence-electron chi connectivity index (χ3n) is 5.19. The van der Waals surface area contributed by atoms with Gasteiger partial charge in [-0.25, -0.2) is 0 Å². The summed E-state index contributed by atoms with van der Waals surface area (Å²) in [5.41, 5.74) is 2.64. The van der Waals surface area contributed by atoms with Gasteiger partial charge in [-0.15, -0.1) is 0 Å². The molecule has 0 heterocycles. The first kappa shape index (κ1) is 53.7. The van der Waals surface area contributed by atoms with Crippen LogP contribution in [0.5, 0.6) is 40.2 Å². The number of phenols is 7. The van der Waals surface area contributed by atoms with Gasteiger partial charge in [-0.05, 0) is 98.8 Å². The Labute approximate surface area is 319 Å². The summed E-state index contributed by atoms with van der Waals surface area (Å²) >= 11 is 0. The first-order chi connectivity index (χ1) is 25.5. The van der Waals surface area contributed by atoms with Crippen LogP contribution in [0.25, 0.3) is 0 Å². The van der Waals surface area contributed by atoms with Crippen molar-refractivity contribution in [2.75, 3.05) is 0 Å². The van der Waals surface area contributed by atoms with E-state index in [0.29, 0.717) is 5.75 Å². The van der Waals surface area contributed by atoms with Gasteiger partial charge in [0, 0.05) is 0 Å². The Balaban J connectivity index is -0.000000262. The van der Waals surface area contributed by atoms with Crippen LogP contribution in [-0.2, 0) is 0 Å². The highest BCUT2D eigenvalue weighted by molar-refractivity contribution is 5.30. The van der Waals surface area contributed by atoms with E-state index in [2.05, 4.69) is 38.1 Å². The van der Waals surface area contributed by atoms with Crippen LogP contribution < -0.4 is 0 Å². The van der Waals surface area contributed by atoms with E-state index in [0.717, 1.165) is 0 Å². The molecule has 6 aromatic carbocycles. The van der Waals surface area contributed by atoms with Crippen LogP contribution in [-0.4, -0.2) is 35.7 Å². The van der Waals surface area contributed by atoms with Gasteiger partial charge in [0.05, 0.1) is 0 Å². The fraction of sp³-hybridized carbons (Fsp3) is 0.217. The third-order valence-corrected chi connectivity index (χ3v) is 5.19. The smallest absolute Gasteiger partial charge is 0.115 e. The normalized spacial score (nSPS) is 7.96. The molecule has 290 valence electrons. The second kappa shape index (κ2) is 40.4. The van der Waals surface area contributed by atoms with Gasteiger partial charge in [0.2, 0.25) is 0 Å². The molecule has 6 aromatic rings. The molecule has 7 nitrogen and oxygen atoms in total. The Morgan fingerprint density at radius 3 is 0.434 bits per heavy atom. The zero-order valence-corrected chi connectivity index (χ0v) is 33.2. The quantitative estimate of drug-likeness (QED) is 0.0772. The van der Waals surface area contributed by atoms with Crippen molar-refractivity contribution in [2.45, 2.75) is 69.2 Å². The highest BCUT2D eigenvalue weighted by Crippen LogP contribution is 2.14. The van der Waals surface area contributed by atoms with E-state index >= 15 is 0 Å². The van der Waals surface area contributed by atoms with Crippen molar-refractivity contribution in [2.24, 2.45) is 0 Å². The van der Waals surface area contributed by atoms with E-state index in [1.165, 1.54) is 83.9 Å². The summed E-state index contributed by atoms with van der Waals surface area (Å²) in [5, 5.41) is 60.5. The van der Waals surface area contributed by atoms with Crippen LogP contribution in [0, 0.1) is 13.8 Å². The Kier molecular flexibility index (Phi) is 40.9. The molecule has 0 saturated carbocycles. The minimum atomic E-state index is 0.169. The Bertz CT molecular complexity index is 1270. The monoisotopic (exact) mass is 728 g/mol. The number of hydrogen-bond donors (Lipinski definition) is 7. The van der Waals surface area contributed by atoms with Gasteiger partial charge >= 0.3 is 0 Å². The molecule has 0 bridgehead atoms. The number of hydrogen-bond acceptors (Lipinski definition) is 7. The van der Waals surface area contributed by atoms with Gasteiger partial charge in [0.1, 0.15) is 40.2 Å². The summed E-state index contributed by atoms with van der Waals surface area (Å²) in [5.74, 6) is 1.34. The second-order valence-corrected chi connectivity index (χ2v) is 9.19. The van der Waals surface area contributed by atoms with Crippen molar-refractivity contribution < 1.29 is 35.7 Å². The molecule has 7 N–H and O–H groups in total. The van der Waals surface area contributed by atoms with E-state index in [4.69, 9.17) is 35.7 Å². The molecule has 0 unspecified atom stereocenters. The summed E-state index contributed by atoms with van der Waals surface area (Å²) in [7, 11) is 0. The second-order valence-electron chi connectivity index (χ2n) is 9.19.